The summed E-state index contributed by atoms with van der Waals surface area (Å²) in [5.74, 6) is -1.05. The van der Waals surface area contributed by atoms with Crippen LogP contribution < -0.4 is 10.6 Å². The van der Waals surface area contributed by atoms with E-state index in [1.807, 2.05) is 0 Å². The Balaban J connectivity index is 3.46. The van der Waals surface area contributed by atoms with Gasteiger partial charge in [-0.25, -0.2) is 0 Å². The van der Waals surface area contributed by atoms with E-state index in [2.05, 4.69) is 24.5 Å². The third kappa shape index (κ3) is 8.26. The third-order valence-electron chi connectivity index (χ3n) is 2.23. The second-order valence-corrected chi connectivity index (χ2v) is 3.78. The molecule has 0 fully saturated rings. The van der Waals surface area contributed by atoms with E-state index in [0.29, 0.717) is 13.1 Å². The smallest absolute Gasteiger partial charge is 0.309 e. The van der Waals surface area contributed by atoms with E-state index in [-0.39, 0.29) is 0 Å². The zero-order chi connectivity index (χ0) is 12.2. The molecule has 0 rings (SSSR count). The molecule has 4 nitrogen and oxygen atoms in total. The fourth-order valence-electron chi connectivity index (χ4n) is 1.24. The summed E-state index contributed by atoms with van der Waals surface area (Å²) in [7, 11) is 0. The molecule has 2 amide bonds. The van der Waals surface area contributed by atoms with E-state index in [0.717, 1.165) is 38.5 Å². The first-order valence-corrected chi connectivity index (χ1v) is 6.07. The van der Waals surface area contributed by atoms with E-state index >= 15 is 0 Å². The molecule has 0 aliphatic carbocycles. The van der Waals surface area contributed by atoms with E-state index in [4.69, 9.17) is 0 Å². The lowest BCUT2D eigenvalue weighted by molar-refractivity contribution is -0.139. The van der Waals surface area contributed by atoms with Crippen LogP contribution in [0.2, 0.25) is 0 Å². The number of carbonyl (C=O) groups is 2. The minimum atomic E-state index is -0.527. The van der Waals surface area contributed by atoms with Gasteiger partial charge in [-0.15, -0.1) is 0 Å². The molecule has 0 unspecified atom stereocenters. The molecule has 0 bridgehead atoms. The summed E-state index contributed by atoms with van der Waals surface area (Å²) in [4.78, 5) is 22.5. The monoisotopic (exact) mass is 227 g/mol. The van der Waals surface area contributed by atoms with Crippen molar-refractivity contribution in [1.82, 2.24) is 10.6 Å². The van der Waals surface area contributed by atoms with Crippen LogP contribution in [0.1, 0.15) is 45.4 Å². The quantitative estimate of drug-likeness (QED) is 0.486. The molecule has 0 atom stereocenters. The number of rotatable bonds is 8. The molecule has 2 N–H and O–H groups in total. The van der Waals surface area contributed by atoms with Gasteiger partial charge in [0.2, 0.25) is 0 Å². The maximum absolute atomic E-state index is 11.2. The molecule has 4 heteroatoms. The lowest BCUT2D eigenvalue weighted by Gasteiger charge is -2.05. The number of amides is 2. The molecule has 93 valence electrons. The fraction of sp³-hybridized carbons (Fsp3) is 0.750. The Morgan fingerprint density at radius 2 is 1.44 bits per heavy atom. The Labute approximate surface area is 98.2 Å². The summed E-state index contributed by atoms with van der Waals surface area (Å²) in [6.45, 7) is 6.93. The molecule has 0 aromatic carbocycles. The van der Waals surface area contributed by atoms with E-state index in [1.165, 1.54) is 0 Å². The summed E-state index contributed by atoms with van der Waals surface area (Å²) in [6, 6.07) is 0. The lowest BCUT2D eigenvalue weighted by atomic mass is 10.2. The lowest BCUT2D eigenvalue weighted by Crippen LogP contribution is -2.40. The minimum Gasteiger partial charge on any atom is -0.348 e. The minimum absolute atomic E-state index is 0.522. The summed E-state index contributed by atoms with van der Waals surface area (Å²) in [6.07, 6.45) is 5.81. The molecule has 0 aliphatic heterocycles. The van der Waals surface area contributed by atoms with Gasteiger partial charge in [0.05, 0.1) is 0 Å². The van der Waals surface area contributed by atoms with Crippen molar-refractivity contribution in [2.45, 2.75) is 45.4 Å². The van der Waals surface area contributed by atoms with Crippen molar-refractivity contribution in [3.63, 3.8) is 0 Å². The third-order valence-corrected chi connectivity index (χ3v) is 2.23. The van der Waals surface area contributed by atoms with Crippen LogP contribution in [0, 0.1) is 6.92 Å². The molecule has 0 aromatic heterocycles. The molecule has 0 saturated carbocycles. The van der Waals surface area contributed by atoms with Crippen molar-refractivity contribution in [3.05, 3.63) is 6.92 Å². The van der Waals surface area contributed by atoms with E-state index < -0.39 is 11.8 Å². The predicted octanol–water partition coefficient (Wildman–Crippen LogP) is 1.41. The first-order valence-electron chi connectivity index (χ1n) is 6.07. The number of carbonyl (C=O) groups excluding carboxylic acids is 2. The van der Waals surface area contributed by atoms with Crippen LogP contribution in [0.15, 0.2) is 0 Å². The highest BCUT2D eigenvalue weighted by molar-refractivity contribution is 6.35. The van der Waals surface area contributed by atoms with Gasteiger partial charge in [-0.05, 0) is 12.8 Å². The number of nitrogens with one attached hydrogen (secondary N) is 2. The first kappa shape index (κ1) is 14.9. The Morgan fingerprint density at radius 3 is 1.88 bits per heavy atom. The average molecular weight is 227 g/mol. The zero-order valence-electron chi connectivity index (χ0n) is 10.2. The molecule has 0 heterocycles. The van der Waals surface area contributed by atoms with E-state index in [9.17, 15) is 9.59 Å². The van der Waals surface area contributed by atoms with Crippen LogP contribution in [0.5, 0.6) is 0 Å². The molecule has 16 heavy (non-hydrogen) atoms. The normalized spacial score (nSPS) is 9.88. The summed E-state index contributed by atoms with van der Waals surface area (Å²) >= 11 is 0. The van der Waals surface area contributed by atoms with Gasteiger partial charge in [-0.2, -0.15) is 0 Å². The molecule has 0 aliphatic rings. The molecule has 0 aromatic rings. The molecule has 1 radical (unpaired) electrons. The zero-order valence-corrected chi connectivity index (χ0v) is 10.2. The van der Waals surface area contributed by atoms with Gasteiger partial charge >= 0.3 is 11.8 Å². The van der Waals surface area contributed by atoms with Gasteiger partial charge in [0, 0.05) is 13.1 Å². The van der Waals surface area contributed by atoms with Gasteiger partial charge in [0.1, 0.15) is 0 Å². The molecule has 0 saturated heterocycles. The van der Waals surface area contributed by atoms with Crippen LogP contribution in [0.4, 0.5) is 0 Å². The Bertz CT molecular complexity index is 183. The maximum atomic E-state index is 11.2. The average Bonchev–Trinajstić information content (AvgIpc) is 2.29. The standard InChI is InChI=1S/C12H23N2O2/c1-3-5-7-9-13-11(15)12(16)14-10-8-6-4-2/h1,3-10H2,2H3,(H,13,15)(H,14,16). The highest BCUT2D eigenvalue weighted by atomic mass is 16.2. The molecule has 0 spiro atoms. The van der Waals surface area contributed by atoms with Crippen LogP contribution in [0.3, 0.4) is 0 Å². The van der Waals surface area contributed by atoms with Crippen molar-refractivity contribution in [2.24, 2.45) is 0 Å². The number of unbranched alkanes of at least 4 members (excludes halogenated alkanes) is 4. The Morgan fingerprint density at radius 1 is 0.938 bits per heavy atom. The van der Waals surface area contributed by atoms with Crippen LogP contribution >= 0.6 is 0 Å². The van der Waals surface area contributed by atoms with Gasteiger partial charge in [-0.1, -0.05) is 39.5 Å². The topological polar surface area (TPSA) is 58.2 Å². The molecular formula is C12H23N2O2. The number of hydrogen-bond donors (Lipinski definition) is 2. The molecular weight excluding hydrogens is 204 g/mol. The number of hydrogen-bond acceptors (Lipinski definition) is 2. The highest BCUT2D eigenvalue weighted by Gasteiger charge is 2.10. The van der Waals surface area contributed by atoms with Gasteiger partial charge in [0.15, 0.2) is 0 Å². The summed E-state index contributed by atoms with van der Waals surface area (Å²) in [5, 5.41) is 5.17. The summed E-state index contributed by atoms with van der Waals surface area (Å²) in [5.41, 5.74) is 0. The van der Waals surface area contributed by atoms with Gasteiger partial charge in [0.25, 0.3) is 0 Å². The Kier molecular flexibility index (Phi) is 9.76. The predicted molar refractivity (Wildman–Crippen MR) is 64.8 cm³/mol. The van der Waals surface area contributed by atoms with Crippen LogP contribution in [0.25, 0.3) is 0 Å². The van der Waals surface area contributed by atoms with Crippen molar-refractivity contribution >= 4 is 11.8 Å². The first-order chi connectivity index (χ1) is 7.72. The largest absolute Gasteiger partial charge is 0.348 e. The second kappa shape index (κ2) is 10.5. The summed E-state index contributed by atoms with van der Waals surface area (Å²) < 4.78 is 0. The highest BCUT2D eigenvalue weighted by Crippen LogP contribution is 1.92. The second-order valence-electron chi connectivity index (χ2n) is 3.78. The van der Waals surface area contributed by atoms with Crippen molar-refractivity contribution < 1.29 is 9.59 Å². The fourth-order valence-corrected chi connectivity index (χ4v) is 1.24. The van der Waals surface area contributed by atoms with Crippen LogP contribution in [-0.4, -0.2) is 24.9 Å². The van der Waals surface area contributed by atoms with Gasteiger partial charge in [-0.3, -0.25) is 9.59 Å². The SMILES string of the molecule is [CH2]CCCCNC(=O)C(=O)NCCCCC. The van der Waals surface area contributed by atoms with Gasteiger partial charge < -0.3 is 10.6 Å². The van der Waals surface area contributed by atoms with Crippen molar-refractivity contribution in [3.8, 4) is 0 Å². The van der Waals surface area contributed by atoms with Crippen molar-refractivity contribution in [1.29, 1.82) is 0 Å². The van der Waals surface area contributed by atoms with Crippen LogP contribution in [-0.2, 0) is 9.59 Å². The van der Waals surface area contributed by atoms with E-state index in [1.54, 1.807) is 0 Å². The Hall–Kier alpha value is -1.06. The van der Waals surface area contributed by atoms with Crippen molar-refractivity contribution in [2.75, 3.05) is 13.1 Å². The maximum Gasteiger partial charge on any atom is 0.309 e.